The zero-order chi connectivity index (χ0) is 17.9. The van der Waals surface area contributed by atoms with E-state index in [2.05, 4.69) is 5.32 Å². The van der Waals surface area contributed by atoms with E-state index in [-0.39, 0.29) is 11.8 Å². The highest BCUT2D eigenvalue weighted by molar-refractivity contribution is 5.94. The summed E-state index contributed by atoms with van der Waals surface area (Å²) in [5.41, 5.74) is 2.47. The van der Waals surface area contributed by atoms with Crippen molar-refractivity contribution in [3.8, 4) is 0 Å². The van der Waals surface area contributed by atoms with Crippen LogP contribution in [0.2, 0.25) is 0 Å². The van der Waals surface area contributed by atoms with E-state index in [0.717, 1.165) is 16.7 Å². The molecule has 0 radical (unpaired) electrons. The molecule has 1 N–H and O–H groups in total. The number of benzene rings is 2. The Kier molecular flexibility index (Phi) is 4.88. The van der Waals surface area contributed by atoms with Gasteiger partial charge >= 0.3 is 0 Å². The van der Waals surface area contributed by atoms with Crippen molar-refractivity contribution in [3.63, 3.8) is 0 Å². The van der Waals surface area contributed by atoms with Gasteiger partial charge in [-0.2, -0.15) is 0 Å². The molecule has 1 fully saturated rings. The number of rotatable bonds is 5. The van der Waals surface area contributed by atoms with Crippen LogP contribution in [0.3, 0.4) is 0 Å². The molecular formula is C21H24N2O2. The number of amides is 2. The summed E-state index contributed by atoms with van der Waals surface area (Å²) in [6, 6.07) is 17.8. The maximum Gasteiger partial charge on any atom is 0.245 e. The molecule has 0 saturated carbocycles. The van der Waals surface area contributed by atoms with Crippen molar-refractivity contribution in [1.82, 2.24) is 10.2 Å². The van der Waals surface area contributed by atoms with Gasteiger partial charge in [0.05, 0.1) is 0 Å². The molecule has 4 nitrogen and oxygen atoms in total. The van der Waals surface area contributed by atoms with Crippen molar-refractivity contribution >= 4 is 11.8 Å². The molecule has 25 heavy (non-hydrogen) atoms. The summed E-state index contributed by atoms with van der Waals surface area (Å²) in [6.07, 6.45) is 0.972. The van der Waals surface area contributed by atoms with Gasteiger partial charge in [-0.15, -0.1) is 0 Å². The molecule has 1 atom stereocenters. The molecule has 2 aromatic carbocycles. The standard InChI is InChI=1S/C21H24N2O2/c1-16-8-6-7-11-18(16)15-23-19(24)12-13-21(23,2)20(25)22-14-17-9-4-3-5-10-17/h3-11H,12-15H2,1-2H3,(H,22,25). The van der Waals surface area contributed by atoms with Crippen LogP contribution in [-0.4, -0.2) is 22.3 Å². The predicted molar refractivity (Wildman–Crippen MR) is 97.7 cm³/mol. The van der Waals surface area contributed by atoms with Gasteiger partial charge < -0.3 is 10.2 Å². The van der Waals surface area contributed by atoms with Crippen LogP contribution < -0.4 is 5.32 Å². The molecule has 1 heterocycles. The molecule has 1 saturated heterocycles. The Morgan fingerprint density at radius 2 is 1.80 bits per heavy atom. The second-order valence-corrected chi connectivity index (χ2v) is 6.85. The van der Waals surface area contributed by atoms with Crippen LogP contribution >= 0.6 is 0 Å². The molecule has 1 unspecified atom stereocenters. The van der Waals surface area contributed by atoms with Gasteiger partial charge in [0.25, 0.3) is 0 Å². The van der Waals surface area contributed by atoms with Crippen LogP contribution in [0.25, 0.3) is 0 Å². The maximum atomic E-state index is 12.9. The van der Waals surface area contributed by atoms with Gasteiger partial charge in [-0.3, -0.25) is 9.59 Å². The summed E-state index contributed by atoms with van der Waals surface area (Å²) in [6.45, 7) is 4.85. The van der Waals surface area contributed by atoms with Gasteiger partial charge in [-0.25, -0.2) is 0 Å². The number of nitrogens with zero attached hydrogens (tertiary/aromatic N) is 1. The van der Waals surface area contributed by atoms with Crippen LogP contribution in [-0.2, 0) is 22.7 Å². The Hall–Kier alpha value is -2.62. The lowest BCUT2D eigenvalue weighted by Gasteiger charge is -2.34. The number of carbonyl (C=O) groups is 2. The second kappa shape index (κ2) is 7.09. The highest BCUT2D eigenvalue weighted by Crippen LogP contribution is 2.32. The SMILES string of the molecule is Cc1ccccc1CN1C(=O)CCC1(C)C(=O)NCc1ccccc1. The van der Waals surface area contributed by atoms with Crippen LogP contribution in [0.15, 0.2) is 54.6 Å². The lowest BCUT2D eigenvalue weighted by atomic mass is 9.96. The third-order valence-electron chi connectivity index (χ3n) is 5.10. The number of hydrogen-bond donors (Lipinski definition) is 1. The molecule has 2 aromatic rings. The van der Waals surface area contributed by atoms with E-state index < -0.39 is 5.54 Å². The third kappa shape index (κ3) is 3.58. The normalized spacial score (nSPS) is 19.9. The largest absolute Gasteiger partial charge is 0.350 e. The first-order chi connectivity index (χ1) is 12.0. The highest BCUT2D eigenvalue weighted by atomic mass is 16.2. The minimum atomic E-state index is -0.797. The van der Waals surface area contributed by atoms with E-state index in [1.807, 2.05) is 68.4 Å². The molecule has 0 bridgehead atoms. The monoisotopic (exact) mass is 336 g/mol. The summed E-state index contributed by atoms with van der Waals surface area (Å²) in [4.78, 5) is 27.0. The first-order valence-electron chi connectivity index (χ1n) is 8.68. The summed E-state index contributed by atoms with van der Waals surface area (Å²) >= 11 is 0. The van der Waals surface area contributed by atoms with Gasteiger partial charge in [-0.05, 0) is 37.0 Å². The van der Waals surface area contributed by atoms with E-state index in [1.165, 1.54) is 0 Å². The number of hydrogen-bond acceptors (Lipinski definition) is 2. The molecule has 4 heteroatoms. The van der Waals surface area contributed by atoms with Crippen LogP contribution in [0.1, 0.15) is 36.5 Å². The van der Waals surface area contributed by atoms with Crippen molar-refractivity contribution in [2.75, 3.05) is 0 Å². The average molecular weight is 336 g/mol. The van der Waals surface area contributed by atoms with Crippen molar-refractivity contribution < 1.29 is 9.59 Å². The zero-order valence-electron chi connectivity index (χ0n) is 14.8. The van der Waals surface area contributed by atoms with Crippen LogP contribution in [0.4, 0.5) is 0 Å². The van der Waals surface area contributed by atoms with E-state index in [0.29, 0.717) is 25.9 Å². The smallest absolute Gasteiger partial charge is 0.245 e. The Morgan fingerprint density at radius 3 is 2.52 bits per heavy atom. The minimum absolute atomic E-state index is 0.0422. The molecule has 1 aliphatic heterocycles. The first kappa shape index (κ1) is 17.2. The van der Waals surface area contributed by atoms with Crippen LogP contribution in [0, 0.1) is 6.92 Å². The lowest BCUT2D eigenvalue weighted by molar-refractivity contribution is -0.141. The third-order valence-corrected chi connectivity index (χ3v) is 5.10. The molecule has 1 aliphatic rings. The Balaban J connectivity index is 1.74. The minimum Gasteiger partial charge on any atom is -0.350 e. The molecule has 130 valence electrons. The van der Waals surface area contributed by atoms with Gasteiger partial charge in [0.1, 0.15) is 5.54 Å². The summed E-state index contributed by atoms with van der Waals surface area (Å²) < 4.78 is 0. The zero-order valence-corrected chi connectivity index (χ0v) is 14.8. The van der Waals surface area contributed by atoms with Crippen molar-refractivity contribution in [2.45, 2.75) is 45.3 Å². The van der Waals surface area contributed by atoms with Crippen LogP contribution in [0.5, 0.6) is 0 Å². The molecule has 0 aromatic heterocycles. The number of carbonyl (C=O) groups excluding carboxylic acids is 2. The first-order valence-corrected chi connectivity index (χ1v) is 8.68. The van der Waals surface area contributed by atoms with Gasteiger partial charge in [-0.1, -0.05) is 54.6 Å². The summed E-state index contributed by atoms with van der Waals surface area (Å²) in [5, 5.41) is 3.00. The maximum absolute atomic E-state index is 12.9. The molecular weight excluding hydrogens is 312 g/mol. The number of nitrogens with one attached hydrogen (secondary N) is 1. The molecule has 0 aliphatic carbocycles. The highest BCUT2D eigenvalue weighted by Gasteiger charge is 2.47. The average Bonchev–Trinajstić information content (AvgIpc) is 2.92. The second-order valence-electron chi connectivity index (χ2n) is 6.85. The number of aryl methyl sites for hydroxylation is 1. The Bertz CT molecular complexity index is 772. The fourth-order valence-corrected chi connectivity index (χ4v) is 3.32. The van der Waals surface area contributed by atoms with E-state index in [1.54, 1.807) is 4.90 Å². The predicted octanol–water partition coefficient (Wildman–Crippen LogP) is 3.19. The van der Waals surface area contributed by atoms with E-state index >= 15 is 0 Å². The topological polar surface area (TPSA) is 49.4 Å². The van der Waals surface area contributed by atoms with Crippen molar-refractivity contribution in [3.05, 3.63) is 71.3 Å². The summed E-state index contributed by atoms with van der Waals surface area (Å²) in [5.74, 6) is -0.0450. The molecule has 2 amide bonds. The molecule has 0 spiro atoms. The number of likely N-dealkylation sites (tertiary alicyclic amines) is 1. The van der Waals surface area contributed by atoms with Crippen molar-refractivity contribution in [2.24, 2.45) is 0 Å². The van der Waals surface area contributed by atoms with E-state index in [9.17, 15) is 9.59 Å². The summed E-state index contributed by atoms with van der Waals surface area (Å²) in [7, 11) is 0. The fraction of sp³-hybridized carbons (Fsp3) is 0.333. The fourth-order valence-electron chi connectivity index (χ4n) is 3.32. The Morgan fingerprint density at radius 1 is 1.12 bits per heavy atom. The lowest BCUT2D eigenvalue weighted by Crippen LogP contribution is -2.54. The van der Waals surface area contributed by atoms with E-state index in [4.69, 9.17) is 0 Å². The van der Waals surface area contributed by atoms with Gasteiger partial charge in [0.2, 0.25) is 11.8 Å². The van der Waals surface area contributed by atoms with Crippen molar-refractivity contribution in [1.29, 1.82) is 0 Å². The van der Waals surface area contributed by atoms with Gasteiger partial charge in [0, 0.05) is 19.5 Å². The van der Waals surface area contributed by atoms with Gasteiger partial charge in [0.15, 0.2) is 0 Å². The Labute approximate surface area is 148 Å². The quantitative estimate of drug-likeness (QED) is 0.911. The molecule has 3 rings (SSSR count).